The summed E-state index contributed by atoms with van der Waals surface area (Å²) in [6, 6.07) is 24.2. The number of fused-ring (bicyclic) bond motifs is 1. The zero-order valence-corrected chi connectivity index (χ0v) is 15.0. The Morgan fingerprint density at radius 2 is 1.60 bits per heavy atom. The van der Waals surface area contributed by atoms with Gasteiger partial charge < -0.3 is 23.5 Å². The van der Waals surface area contributed by atoms with Crippen LogP contribution in [0.5, 0.6) is 0 Å². The van der Waals surface area contributed by atoms with Gasteiger partial charge in [0.1, 0.15) is 0 Å². The average molecular weight is 355 g/mol. The maximum Gasteiger partial charge on any atom is 0.278 e. The van der Waals surface area contributed by atoms with Gasteiger partial charge in [0.2, 0.25) is 0 Å². The van der Waals surface area contributed by atoms with Crippen LogP contribution in [0, 0.1) is 0 Å². The van der Waals surface area contributed by atoms with Crippen molar-refractivity contribution in [1.29, 1.82) is 0 Å². The summed E-state index contributed by atoms with van der Waals surface area (Å²) < 4.78 is 0. The van der Waals surface area contributed by atoms with Gasteiger partial charge in [-0.3, -0.25) is 4.79 Å². The zero-order chi connectivity index (χ0) is 16.9. The minimum absolute atomic E-state index is 0. The van der Waals surface area contributed by atoms with E-state index in [1.54, 1.807) is 0 Å². The van der Waals surface area contributed by atoms with Crippen molar-refractivity contribution in [3.05, 3.63) is 83.9 Å². The Bertz CT molecular complexity index is 835. The Kier molecular flexibility index (Phi) is 6.57. The fourth-order valence-electron chi connectivity index (χ4n) is 2.90. The van der Waals surface area contributed by atoms with Crippen molar-refractivity contribution >= 4 is 16.7 Å². The lowest BCUT2D eigenvalue weighted by Crippen LogP contribution is -3.00. The molecule has 0 fully saturated rings. The van der Waals surface area contributed by atoms with Crippen LogP contribution in [0.4, 0.5) is 0 Å². The second-order valence-electron chi connectivity index (χ2n) is 6.22. The average Bonchev–Trinajstić information content (AvgIpc) is 2.62. The zero-order valence-electron chi connectivity index (χ0n) is 14.3. The summed E-state index contributed by atoms with van der Waals surface area (Å²) in [7, 11) is 0. The first kappa shape index (κ1) is 19.0. The summed E-state index contributed by atoms with van der Waals surface area (Å²) in [5.41, 5.74) is 6.28. The molecule has 3 aromatic carbocycles. The molecule has 0 saturated heterocycles. The van der Waals surface area contributed by atoms with Gasteiger partial charge in [-0.05, 0) is 28.8 Å². The SMILES string of the molecule is C[C@H](NC(=O)[C@@H]([NH3+])Cc1ccc2ccccc2c1)c1ccccc1.[Cl-]. The van der Waals surface area contributed by atoms with E-state index in [0.717, 1.165) is 11.1 Å². The van der Waals surface area contributed by atoms with E-state index in [4.69, 9.17) is 0 Å². The Balaban J connectivity index is 0.00000225. The van der Waals surface area contributed by atoms with E-state index < -0.39 is 0 Å². The van der Waals surface area contributed by atoms with Crippen LogP contribution >= 0.6 is 0 Å². The molecule has 4 N–H and O–H groups in total. The molecule has 0 heterocycles. The number of hydrogen-bond acceptors (Lipinski definition) is 1. The summed E-state index contributed by atoms with van der Waals surface area (Å²) in [6.45, 7) is 2.00. The van der Waals surface area contributed by atoms with Crippen LogP contribution < -0.4 is 23.5 Å². The molecule has 3 nitrogen and oxygen atoms in total. The van der Waals surface area contributed by atoms with Gasteiger partial charge in [0.15, 0.2) is 6.04 Å². The third-order valence-corrected chi connectivity index (χ3v) is 4.33. The molecule has 0 spiro atoms. The highest BCUT2D eigenvalue weighted by Crippen LogP contribution is 2.17. The third-order valence-electron chi connectivity index (χ3n) is 4.33. The van der Waals surface area contributed by atoms with Gasteiger partial charge >= 0.3 is 0 Å². The highest BCUT2D eigenvalue weighted by atomic mass is 35.5. The number of nitrogens with one attached hydrogen (secondary N) is 1. The summed E-state index contributed by atoms with van der Waals surface area (Å²) in [6.07, 6.45) is 0.637. The molecule has 0 radical (unpaired) electrons. The largest absolute Gasteiger partial charge is 1.00 e. The Morgan fingerprint density at radius 3 is 2.32 bits per heavy atom. The van der Waals surface area contributed by atoms with E-state index >= 15 is 0 Å². The van der Waals surface area contributed by atoms with E-state index in [-0.39, 0.29) is 30.4 Å². The number of rotatable bonds is 5. The smallest absolute Gasteiger partial charge is 0.278 e. The third kappa shape index (κ3) is 4.81. The number of halogens is 1. The van der Waals surface area contributed by atoms with Gasteiger partial charge in [0, 0.05) is 6.42 Å². The van der Waals surface area contributed by atoms with E-state index in [0.29, 0.717) is 6.42 Å². The van der Waals surface area contributed by atoms with E-state index in [2.05, 4.69) is 41.4 Å². The first-order valence-electron chi connectivity index (χ1n) is 8.29. The van der Waals surface area contributed by atoms with Gasteiger partial charge in [-0.25, -0.2) is 0 Å². The number of carbonyl (C=O) groups excluding carboxylic acids is 1. The monoisotopic (exact) mass is 354 g/mol. The Hall–Kier alpha value is -2.36. The van der Waals surface area contributed by atoms with Crippen LogP contribution in [0.2, 0.25) is 0 Å². The first-order chi connectivity index (χ1) is 11.6. The molecule has 3 rings (SSSR count). The predicted octanol–water partition coefficient (Wildman–Crippen LogP) is -0.126. The van der Waals surface area contributed by atoms with Crippen molar-refractivity contribution in [3.63, 3.8) is 0 Å². The minimum Gasteiger partial charge on any atom is -1.00 e. The van der Waals surface area contributed by atoms with E-state index in [1.807, 2.05) is 49.4 Å². The molecule has 3 aromatic rings. The highest BCUT2D eigenvalue weighted by Gasteiger charge is 2.20. The molecule has 0 bridgehead atoms. The van der Waals surface area contributed by atoms with Gasteiger partial charge in [-0.2, -0.15) is 0 Å². The number of benzene rings is 3. The molecule has 25 heavy (non-hydrogen) atoms. The van der Waals surface area contributed by atoms with Crippen LogP contribution in [-0.2, 0) is 11.2 Å². The topological polar surface area (TPSA) is 56.7 Å². The molecule has 0 aliphatic carbocycles. The quantitative estimate of drug-likeness (QED) is 0.659. The lowest BCUT2D eigenvalue weighted by atomic mass is 10.0. The molecule has 130 valence electrons. The van der Waals surface area contributed by atoms with Crippen molar-refractivity contribution in [1.82, 2.24) is 5.32 Å². The Labute approximate surface area is 154 Å². The van der Waals surface area contributed by atoms with Crippen molar-refractivity contribution in [3.8, 4) is 0 Å². The molecule has 0 aliphatic heterocycles. The number of carbonyl (C=O) groups is 1. The van der Waals surface area contributed by atoms with Crippen LogP contribution in [0.25, 0.3) is 10.8 Å². The number of amides is 1. The summed E-state index contributed by atoms with van der Waals surface area (Å²) in [5.74, 6) is -0.0143. The molecule has 4 heteroatoms. The van der Waals surface area contributed by atoms with Crippen LogP contribution in [0.3, 0.4) is 0 Å². The number of hydrogen-bond donors (Lipinski definition) is 2. The second kappa shape index (κ2) is 8.65. The van der Waals surface area contributed by atoms with Crippen LogP contribution in [0.15, 0.2) is 72.8 Å². The maximum atomic E-state index is 12.4. The first-order valence-corrected chi connectivity index (χ1v) is 8.29. The molecule has 0 aliphatic rings. The minimum atomic E-state index is -0.308. The van der Waals surface area contributed by atoms with Crippen molar-refractivity contribution in [2.45, 2.75) is 25.4 Å². The van der Waals surface area contributed by atoms with Gasteiger partial charge in [0.25, 0.3) is 5.91 Å². The van der Waals surface area contributed by atoms with Crippen molar-refractivity contribution in [2.75, 3.05) is 0 Å². The maximum absolute atomic E-state index is 12.4. The van der Waals surface area contributed by atoms with Crippen LogP contribution in [-0.4, -0.2) is 11.9 Å². The molecule has 2 atom stereocenters. The van der Waals surface area contributed by atoms with Crippen molar-refractivity contribution < 1.29 is 22.9 Å². The normalized spacial score (nSPS) is 12.9. The fraction of sp³-hybridized carbons (Fsp3) is 0.190. The lowest BCUT2D eigenvalue weighted by Gasteiger charge is -2.16. The molecule has 0 saturated carbocycles. The standard InChI is InChI=1S/C21H22N2O.ClH/c1-15(17-7-3-2-4-8-17)23-21(24)20(22)14-16-11-12-18-9-5-6-10-19(18)13-16;/h2-13,15,20H,14,22H2,1H3,(H,23,24);1H/t15-,20-;/m0./s1. The molecule has 0 unspecified atom stereocenters. The van der Waals surface area contributed by atoms with Gasteiger partial charge in [-0.1, -0.05) is 72.8 Å². The van der Waals surface area contributed by atoms with E-state index in [9.17, 15) is 4.79 Å². The van der Waals surface area contributed by atoms with Gasteiger partial charge in [-0.15, -0.1) is 0 Å². The molecular weight excluding hydrogens is 332 g/mol. The van der Waals surface area contributed by atoms with Crippen molar-refractivity contribution in [2.24, 2.45) is 0 Å². The summed E-state index contributed by atoms with van der Waals surface area (Å²) >= 11 is 0. The van der Waals surface area contributed by atoms with E-state index in [1.165, 1.54) is 10.8 Å². The number of quaternary nitrogens is 1. The molecular formula is C21H23ClN2O. The summed E-state index contributed by atoms with van der Waals surface area (Å²) in [5, 5.41) is 5.46. The molecule has 0 aromatic heterocycles. The van der Waals surface area contributed by atoms with Gasteiger partial charge in [0.05, 0.1) is 6.04 Å². The molecule has 1 amide bonds. The second-order valence-corrected chi connectivity index (χ2v) is 6.22. The Morgan fingerprint density at radius 1 is 0.960 bits per heavy atom. The fourth-order valence-corrected chi connectivity index (χ4v) is 2.90. The van der Waals surface area contributed by atoms with Crippen LogP contribution in [0.1, 0.15) is 24.1 Å². The lowest BCUT2D eigenvalue weighted by molar-refractivity contribution is -0.403. The predicted molar refractivity (Wildman–Crippen MR) is 97.3 cm³/mol. The highest BCUT2D eigenvalue weighted by molar-refractivity contribution is 5.84. The summed E-state index contributed by atoms with van der Waals surface area (Å²) in [4.78, 5) is 12.4.